The van der Waals surface area contributed by atoms with E-state index in [1.54, 1.807) is 4.90 Å². The van der Waals surface area contributed by atoms with Gasteiger partial charge in [-0.2, -0.15) is 0 Å². The largest absolute Gasteiger partial charge is 0.333 e. The molecule has 3 amide bonds. The summed E-state index contributed by atoms with van der Waals surface area (Å²) in [5.41, 5.74) is 1.65. The number of carbonyl (C=O) groups excluding carboxylic acids is 3. The maximum atomic E-state index is 12.4. The highest BCUT2D eigenvalue weighted by molar-refractivity contribution is 5.97. The van der Waals surface area contributed by atoms with Crippen molar-refractivity contribution in [3.05, 3.63) is 29.8 Å². The highest BCUT2D eigenvalue weighted by Gasteiger charge is 2.27. The van der Waals surface area contributed by atoms with Gasteiger partial charge in [0.05, 0.1) is 6.54 Å². The Balaban J connectivity index is 1.74. The molecule has 0 aliphatic carbocycles. The van der Waals surface area contributed by atoms with Gasteiger partial charge in [0.2, 0.25) is 17.7 Å². The first-order valence-electron chi connectivity index (χ1n) is 7.07. The summed E-state index contributed by atoms with van der Waals surface area (Å²) in [5, 5.41) is 2.80. The van der Waals surface area contributed by atoms with Gasteiger partial charge in [0.15, 0.2) is 0 Å². The summed E-state index contributed by atoms with van der Waals surface area (Å²) in [6.07, 6.45) is 1.31. The van der Waals surface area contributed by atoms with Crippen LogP contribution in [0.3, 0.4) is 0 Å². The molecule has 2 aliphatic rings. The van der Waals surface area contributed by atoms with Crippen molar-refractivity contribution in [1.29, 1.82) is 0 Å². The third-order valence-corrected chi connectivity index (χ3v) is 3.84. The number of para-hydroxylation sites is 1. The number of hydrogen-bond acceptors (Lipinski definition) is 3. The number of hydrogen-bond donors (Lipinski definition) is 1. The van der Waals surface area contributed by atoms with Gasteiger partial charge >= 0.3 is 0 Å². The van der Waals surface area contributed by atoms with E-state index in [1.165, 1.54) is 4.90 Å². The number of fused-ring (bicyclic) bond motifs is 1. The molecule has 6 nitrogen and oxygen atoms in total. The molecule has 1 aromatic rings. The van der Waals surface area contributed by atoms with Crippen molar-refractivity contribution < 1.29 is 14.4 Å². The second-order valence-electron chi connectivity index (χ2n) is 5.37. The average Bonchev–Trinajstić information content (AvgIpc) is 2.76. The minimum atomic E-state index is -0.207. The van der Waals surface area contributed by atoms with Crippen molar-refractivity contribution in [2.45, 2.75) is 19.4 Å². The molecule has 0 spiro atoms. The Morgan fingerprint density at radius 2 is 2.00 bits per heavy atom. The van der Waals surface area contributed by atoms with Crippen LogP contribution in [-0.4, -0.2) is 47.2 Å². The van der Waals surface area contributed by atoms with Crippen LogP contribution in [0.1, 0.15) is 18.4 Å². The molecule has 110 valence electrons. The summed E-state index contributed by atoms with van der Waals surface area (Å²) < 4.78 is 0. The van der Waals surface area contributed by atoms with Gasteiger partial charge in [0.1, 0.15) is 6.54 Å². The highest BCUT2D eigenvalue weighted by Crippen LogP contribution is 2.20. The van der Waals surface area contributed by atoms with Gasteiger partial charge in [-0.1, -0.05) is 18.2 Å². The average molecular weight is 287 g/mol. The van der Waals surface area contributed by atoms with E-state index in [4.69, 9.17) is 0 Å². The molecule has 1 N–H and O–H groups in total. The van der Waals surface area contributed by atoms with Crippen molar-refractivity contribution in [3.63, 3.8) is 0 Å². The summed E-state index contributed by atoms with van der Waals surface area (Å²) in [6.45, 7) is 1.10. The molecule has 2 heterocycles. The molecule has 21 heavy (non-hydrogen) atoms. The van der Waals surface area contributed by atoms with Crippen molar-refractivity contribution in [1.82, 2.24) is 9.80 Å². The summed E-state index contributed by atoms with van der Waals surface area (Å²) in [4.78, 5) is 38.9. The van der Waals surface area contributed by atoms with Crippen molar-refractivity contribution in [3.8, 4) is 0 Å². The fourth-order valence-electron chi connectivity index (χ4n) is 2.72. The van der Waals surface area contributed by atoms with Crippen LogP contribution in [0.5, 0.6) is 0 Å². The maximum absolute atomic E-state index is 12.4. The molecule has 0 atom stereocenters. The predicted octanol–water partition coefficient (Wildman–Crippen LogP) is 0.590. The Morgan fingerprint density at radius 1 is 1.19 bits per heavy atom. The van der Waals surface area contributed by atoms with Crippen molar-refractivity contribution in [2.75, 3.05) is 25.0 Å². The van der Waals surface area contributed by atoms with E-state index in [9.17, 15) is 14.4 Å². The van der Waals surface area contributed by atoms with Crippen LogP contribution in [-0.2, 0) is 20.9 Å². The Labute approximate surface area is 122 Å². The second-order valence-corrected chi connectivity index (χ2v) is 5.37. The topological polar surface area (TPSA) is 69.7 Å². The molecule has 6 heteroatoms. The fraction of sp³-hybridized carbons (Fsp3) is 0.400. The molecule has 0 radical (unpaired) electrons. The van der Waals surface area contributed by atoms with E-state index in [2.05, 4.69) is 5.32 Å². The lowest BCUT2D eigenvalue weighted by Crippen LogP contribution is -2.42. The van der Waals surface area contributed by atoms with Crippen molar-refractivity contribution >= 4 is 23.4 Å². The van der Waals surface area contributed by atoms with Gasteiger partial charge in [-0.3, -0.25) is 14.4 Å². The zero-order valence-electron chi connectivity index (χ0n) is 11.7. The molecular formula is C15H17N3O3. The number of nitrogens with one attached hydrogen (secondary N) is 1. The molecule has 1 aromatic carbocycles. The molecule has 1 saturated heterocycles. The first kappa shape index (κ1) is 13.6. The summed E-state index contributed by atoms with van der Waals surface area (Å²) in [6, 6.07) is 7.44. The maximum Gasteiger partial charge on any atom is 0.244 e. The highest BCUT2D eigenvalue weighted by atomic mass is 16.2. The van der Waals surface area contributed by atoms with Gasteiger partial charge < -0.3 is 15.1 Å². The normalized spacial score (nSPS) is 18.3. The van der Waals surface area contributed by atoms with Crippen LogP contribution in [0.25, 0.3) is 0 Å². The number of likely N-dealkylation sites (tertiary alicyclic amines) is 1. The van der Waals surface area contributed by atoms with Gasteiger partial charge in [-0.25, -0.2) is 0 Å². The van der Waals surface area contributed by atoms with E-state index < -0.39 is 0 Å². The SMILES string of the molecule is O=C1CN(C(=O)CN2CCCC2=O)Cc2ccccc2N1. The lowest BCUT2D eigenvalue weighted by atomic mass is 10.1. The number of rotatable bonds is 2. The molecular weight excluding hydrogens is 270 g/mol. The van der Waals surface area contributed by atoms with Crippen LogP contribution in [0.15, 0.2) is 24.3 Å². The van der Waals surface area contributed by atoms with Crippen LogP contribution >= 0.6 is 0 Å². The fourth-order valence-corrected chi connectivity index (χ4v) is 2.72. The van der Waals surface area contributed by atoms with Crippen LogP contribution < -0.4 is 5.32 Å². The predicted molar refractivity (Wildman–Crippen MR) is 76.3 cm³/mol. The number of anilines is 1. The Bertz CT molecular complexity index is 600. The van der Waals surface area contributed by atoms with Crippen LogP contribution in [0.2, 0.25) is 0 Å². The van der Waals surface area contributed by atoms with E-state index >= 15 is 0 Å². The third kappa shape index (κ3) is 2.89. The molecule has 0 saturated carbocycles. The lowest BCUT2D eigenvalue weighted by Gasteiger charge is -2.23. The number of nitrogens with zero attached hydrogens (tertiary/aromatic N) is 2. The summed E-state index contributed by atoms with van der Waals surface area (Å²) in [7, 11) is 0. The molecule has 0 bridgehead atoms. The Morgan fingerprint density at radius 3 is 2.76 bits per heavy atom. The zero-order chi connectivity index (χ0) is 14.8. The summed E-state index contributed by atoms with van der Waals surface area (Å²) in [5.74, 6) is -0.374. The van der Waals surface area contributed by atoms with Gasteiger partial charge in [-0.15, -0.1) is 0 Å². The minimum absolute atomic E-state index is 0.0167. The molecule has 0 aromatic heterocycles. The second kappa shape index (κ2) is 5.55. The van der Waals surface area contributed by atoms with E-state index in [-0.39, 0.29) is 30.8 Å². The molecule has 3 rings (SSSR count). The summed E-state index contributed by atoms with van der Waals surface area (Å²) >= 11 is 0. The molecule has 0 unspecified atom stereocenters. The quantitative estimate of drug-likeness (QED) is 0.865. The molecule has 2 aliphatic heterocycles. The molecule has 1 fully saturated rings. The zero-order valence-corrected chi connectivity index (χ0v) is 11.7. The van der Waals surface area contributed by atoms with Gasteiger partial charge in [0.25, 0.3) is 0 Å². The number of benzene rings is 1. The lowest BCUT2D eigenvalue weighted by molar-refractivity contribution is -0.140. The van der Waals surface area contributed by atoms with Crippen molar-refractivity contribution in [2.24, 2.45) is 0 Å². The Hall–Kier alpha value is -2.37. The first-order valence-corrected chi connectivity index (χ1v) is 7.07. The van der Waals surface area contributed by atoms with Crippen LogP contribution in [0.4, 0.5) is 5.69 Å². The van der Waals surface area contributed by atoms with E-state index in [0.29, 0.717) is 19.5 Å². The minimum Gasteiger partial charge on any atom is -0.333 e. The first-order chi connectivity index (χ1) is 10.1. The van der Waals surface area contributed by atoms with Gasteiger partial charge in [-0.05, 0) is 18.1 Å². The van der Waals surface area contributed by atoms with E-state index in [0.717, 1.165) is 17.7 Å². The number of amides is 3. The number of carbonyl (C=O) groups is 3. The van der Waals surface area contributed by atoms with Gasteiger partial charge in [0, 0.05) is 25.2 Å². The smallest absolute Gasteiger partial charge is 0.244 e. The van der Waals surface area contributed by atoms with Crippen LogP contribution in [0, 0.1) is 0 Å². The standard InChI is InChI=1S/C15H17N3O3/c19-13-9-18(8-11-4-1-2-5-12(11)16-13)15(21)10-17-7-3-6-14(17)20/h1-2,4-5H,3,6-10H2,(H,16,19). The third-order valence-electron chi connectivity index (χ3n) is 3.84. The van der Waals surface area contributed by atoms with E-state index in [1.807, 2.05) is 24.3 Å². The monoisotopic (exact) mass is 287 g/mol. The Kier molecular flexibility index (Phi) is 3.60.